The highest BCUT2D eigenvalue weighted by Crippen LogP contribution is 2.33. The van der Waals surface area contributed by atoms with Crippen molar-refractivity contribution in [1.82, 2.24) is 19.6 Å². The van der Waals surface area contributed by atoms with Gasteiger partial charge in [0.1, 0.15) is 0 Å². The summed E-state index contributed by atoms with van der Waals surface area (Å²) in [6, 6.07) is 9.22. The number of benzene rings is 1. The maximum Gasteiger partial charge on any atom is 0.244 e. The number of nitrogens with zero attached hydrogens (tertiary/aromatic N) is 4. The van der Waals surface area contributed by atoms with Gasteiger partial charge in [0.15, 0.2) is 5.82 Å². The van der Waals surface area contributed by atoms with Crippen molar-refractivity contribution >= 4 is 10.9 Å². The van der Waals surface area contributed by atoms with Gasteiger partial charge < -0.3 is 9.09 Å². The molecule has 5 heteroatoms. The van der Waals surface area contributed by atoms with E-state index in [-0.39, 0.29) is 6.04 Å². The van der Waals surface area contributed by atoms with Crippen LogP contribution in [0.2, 0.25) is 0 Å². The quantitative estimate of drug-likeness (QED) is 0.687. The van der Waals surface area contributed by atoms with E-state index in [1.807, 2.05) is 0 Å². The summed E-state index contributed by atoms with van der Waals surface area (Å²) in [7, 11) is 0. The van der Waals surface area contributed by atoms with Gasteiger partial charge in [0.25, 0.3) is 0 Å². The molecular formula is C20H26N4O. The van der Waals surface area contributed by atoms with Gasteiger partial charge in [-0.1, -0.05) is 31.1 Å². The largest absolute Gasteiger partial charge is 0.348 e. The van der Waals surface area contributed by atoms with Crippen molar-refractivity contribution in [2.75, 3.05) is 6.54 Å². The molecule has 2 aromatic heterocycles. The molecule has 1 unspecified atom stereocenters. The van der Waals surface area contributed by atoms with Crippen molar-refractivity contribution < 1.29 is 4.52 Å². The molecule has 3 aromatic rings. The van der Waals surface area contributed by atoms with Crippen LogP contribution in [0.15, 0.2) is 35.0 Å². The molecular weight excluding hydrogens is 312 g/mol. The standard InChI is InChI=1S/C20H26N4O/c1-4-23-11-9-16-8-7-15(12-18(16)23)13-24-10-5-6-17(24)20-21-19(14(2)3)22-25-20/h7-9,11-12,14,17H,4-6,10,13H2,1-3H3. The molecule has 4 rings (SSSR count). The SMILES string of the molecule is CCn1ccc2ccc(CN3CCCC3c3nc(C(C)C)no3)cc21. The van der Waals surface area contributed by atoms with E-state index in [9.17, 15) is 0 Å². The maximum atomic E-state index is 5.57. The molecule has 0 spiro atoms. The van der Waals surface area contributed by atoms with E-state index in [2.05, 4.69) is 70.8 Å². The van der Waals surface area contributed by atoms with Crippen LogP contribution < -0.4 is 0 Å². The summed E-state index contributed by atoms with van der Waals surface area (Å²) in [6.07, 6.45) is 4.43. The van der Waals surface area contributed by atoms with E-state index in [1.165, 1.54) is 22.9 Å². The normalized spacial score (nSPS) is 18.6. The van der Waals surface area contributed by atoms with Gasteiger partial charge >= 0.3 is 0 Å². The van der Waals surface area contributed by atoms with E-state index in [0.717, 1.165) is 37.8 Å². The Balaban J connectivity index is 1.56. The number of aromatic nitrogens is 3. The molecule has 0 saturated carbocycles. The van der Waals surface area contributed by atoms with Gasteiger partial charge in [0.05, 0.1) is 6.04 Å². The number of aryl methyl sites for hydroxylation is 1. The Hall–Kier alpha value is -2.14. The zero-order valence-corrected chi connectivity index (χ0v) is 15.3. The number of likely N-dealkylation sites (tertiary alicyclic amines) is 1. The van der Waals surface area contributed by atoms with Gasteiger partial charge in [-0.3, -0.25) is 4.90 Å². The zero-order chi connectivity index (χ0) is 17.4. The molecule has 132 valence electrons. The highest BCUT2D eigenvalue weighted by molar-refractivity contribution is 5.80. The zero-order valence-electron chi connectivity index (χ0n) is 15.3. The van der Waals surface area contributed by atoms with Crippen molar-refractivity contribution in [2.24, 2.45) is 0 Å². The maximum absolute atomic E-state index is 5.57. The molecule has 1 aromatic carbocycles. The molecule has 0 aliphatic carbocycles. The van der Waals surface area contributed by atoms with Crippen LogP contribution in [0.25, 0.3) is 10.9 Å². The minimum atomic E-state index is 0.244. The third-order valence-electron chi connectivity index (χ3n) is 5.19. The lowest BCUT2D eigenvalue weighted by Crippen LogP contribution is -2.23. The summed E-state index contributed by atoms with van der Waals surface area (Å²) in [5, 5.41) is 5.45. The van der Waals surface area contributed by atoms with Crippen molar-refractivity contribution in [2.45, 2.75) is 58.7 Å². The van der Waals surface area contributed by atoms with Crippen molar-refractivity contribution in [3.05, 3.63) is 47.7 Å². The highest BCUT2D eigenvalue weighted by Gasteiger charge is 2.31. The molecule has 1 aliphatic rings. The molecule has 1 aliphatic heterocycles. The first-order chi connectivity index (χ1) is 12.2. The molecule has 1 fully saturated rings. The van der Waals surface area contributed by atoms with Gasteiger partial charge in [-0.2, -0.15) is 4.98 Å². The second-order valence-electron chi connectivity index (χ2n) is 7.27. The first-order valence-electron chi connectivity index (χ1n) is 9.31. The number of hydrogen-bond acceptors (Lipinski definition) is 4. The predicted octanol–water partition coefficient (Wildman–Crippen LogP) is 4.50. The molecule has 0 N–H and O–H groups in total. The van der Waals surface area contributed by atoms with E-state index in [1.54, 1.807) is 0 Å². The molecule has 25 heavy (non-hydrogen) atoms. The lowest BCUT2D eigenvalue weighted by molar-refractivity contribution is 0.201. The van der Waals surface area contributed by atoms with Crippen molar-refractivity contribution in [3.8, 4) is 0 Å². The molecule has 0 bridgehead atoms. The fraction of sp³-hybridized carbons (Fsp3) is 0.500. The summed E-state index contributed by atoms with van der Waals surface area (Å²) in [4.78, 5) is 7.10. The van der Waals surface area contributed by atoms with E-state index >= 15 is 0 Å². The number of fused-ring (bicyclic) bond motifs is 1. The smallest absolute Gasteiger partial charge is 0.244 e. The average molecular weight is 338 g/mol. The minimum absolute atomic E-state index is 0.244. The first-order valence-corrected chi connectivity index (χ1v) is 9.31. The van der Waals surface area contributed by atoms with Gasteiger partial charge in [-0.25, -0.2) is 0 Å². The molecule has 0 radical (unpaired) electrons. The summed E-state index contributed by atoms with van der Waals surface area (Å²) in [6.45, 7) is 9.38. The van der Waals surface area contributed by atoms with E-state index < -0.39 is 0 Å². The Kier molecular flexibility index (Phi) is 4.34. The third kappa shape index (κ3) is 3.09. The van der Waals surface area contributed by atoms with Gasteiger partial charge in [0, 0.05) is 30.7 Å². The number of hydrogen-bond donors (Lipinski definition) is 0. The summed E-state index contributed by atoms with van der Waals surface area (Å²) in [5.41, 5.74) is 2.66. The molecule has 3 heterocycles. The summed E-state index contributed by atoms with van der Waals surface area (Å²) >= 11 is 0. The van der Waals surface area contributed by atoms with Crippen LogP contribution in [0.3, 0.4) is 0 Å². The Morgan fingerprint density at radius 1 is 1.28 bits per heavy atom. The lowest BCUT2D eigenvalue weighted by atomic mass is 10.1. The highest BCUT2D eigenvalue weighted by atomic mass is 16.5. The topological polar surface area (TPSA) is 47.1 Å². The van der Waals surface area contributed by atoms with E-state index in [4.69, 9.17) is 4.52 Å². The first kappa shape index (κ1) is 16.3. The van der Waals surface area contributed by atoms with Gasteiger partial charge in [-0.15, -0.1) is 0 Å². The van der Waals surface area contributed by atoms with Crippen LogP contribution in [-0.4, -0.2) is 26.2 Å². The van der Waals surface area contributed by atoms with Gasteiger partial charge in [-0.05, 0) is 49.4 Å². The van der Waals surface area contributed by atoms with Crippen molar-refractivity contribution in [3.63, 3.8) is 0 Å². The van der Waals surface area contributed by atoms with Crippen LogP contribution >= 0.6 is 0 Å². The minimum Gasteiger partial charge on any atom is -0.348 e. The Morgan fingerprint density at radius 3 is 2.92 bits per heavy atom. The molecule has 0 amide bonds. The van der Waals surface area contributed by atoms with Crippen LogP contribution in [0, 0.1) is 0 Å². The molecule has 1 atom stereocenters. The van der Waals surface area contributed by atoms with Gasteiger partial charge in [0.2, 0.25) is 5.89 Å². The third-order valence-corrected chi connectivity index (χ3v) is 5.19. The van der Waals surface area contributed by atoms with Crippen LogP contribution in [0.4, 0.5) is 0 Å². The lowest BCUT2D eigenvalue weighted by Gasteiger charge is -2.21. The molecule has 5 nitrogen and oxygen atoms in total. The summed E-state index contributed by atoms with van der Waals surface area (Å²) in [5.74, 6) is 1.89. The van der Waals surface area contributed by atoms with Crippen LogP contribution in [0.5, 0.6) is 0 Å². The van der Waals surface area contributed by atoms with Crippen LogP contribution in [-0.2, 0) is 13.1 Å². The average Bonchev–Trinajstić information content (AvgIpc) is 3.33. The Labute approximate surface area is 148 Å². The predicted molar refractivity (Wildman–Crippen MR) is 98.4 cm³/mol. The Morgan fingerprint density at radius 2 is 2.16 bits per heavy atom. The molecule has 1 saturated heterocycles. The van der Waals surface area contributed by atoms with Crippen molar-refractivity contribution in [1.29, 1.82) is 0 Å². The monoisotopic (exact) mass is 338 g/mol. The van der Waals surface area contributed by atoms with E-state index in [0.29, 0.717) is 5.92 Å². The summed E-state index contributed by atoms with van der Waals surface area (Å²) < 4.78 is 7.86. The fourth-order valence-corrected chi connectivity index (χ4v) is 3.75. The Bertz CT molecular complexity index is 864. The second-order valence-corrected chi connectivity index (χ2v) is 7.27. The second kappa shape index (κ2) is 6.64. The fourth-order valence-electron chi connectivity index (χ4n) is 3.75. The van der Waals surface area contributed by atoms with Crippen LogP contribution in [0.1, 0.15) is 62.9 Å². The number of rotatable bonds is 5.